The Morgan fingerprint density at radius 1 is 1.07 bits per heavy atom. The van der Waals surface area contributed by atoms with Crippen LogP contribution in [0.15, 0.2) is 66.7 Å². The number of benzene rings is 3. The number of ether oxygens (including phenoxy) is 1. The normalized spacial score (nSPS) is 15.8. The van der Waals surface area contributed by atoms with Crippen LogP contribution in [0.4, 0.5) is 10.1 Å². The van der Waals surface area contributed by atoms with Crippen LogP contribution in [-0.4, -0.2) is 30.4 Å². The largest absolute Gasteiger partial charge is 0.497 e. The second-order valence-electron chi connectivity index (χ2n) is 7.25. The SMILES string of the molecule is COc1ccc(C(=O)N2CC(=O)Nc3ccc(C)cc3C2c2ccc(F)cc2)cc1. The van der Waals surface area contributed by atoms with Crippen LogP contribution in [0.25, 0.3) is 0 Å². The van der Waals surface area contributed by atoms with E-state index in [2.05, 4.69) is 5.32 Å². The molecule has 0 fully saturated rings. The van der Waals surface area contributed by atoms with Gasteiger partial charge in [0.25, 0.3) is 5.91 Å². The summed E-state index contributed by atoms with van der Waals surface area (Å²) in [5.74, 6) is -0.307. The van der Waals surface area contributed by atoms with Crippen molar-refractivity contribution in [1.82, 2.24) is 4.90 Å². The molecule has 1 aliphatic rings. The molecule has 3 aromatic rings. The second kappa shape index (κ2) is 7.99. The summed E-state index contributed by atoms with van der Waals surface area (Å²) in [6.45, 7) is 1.82. The minimum absolute atomic E-state index is 0.124. The highest BCUT2D eigenvalue weighted by molar-refractivity contribution is 6.01. The van der Waals surface area contributed by atoms with Crippen LogP contribution in [0.2, 0.25) is 0 Å². The summed E-state index contributed by atoms with van der Waals surface area (Å²) in [5.41, 5.74) is 3.58. The smallest absolute Gasteiger partial charge is 0.255 e. The van der Waals surface area contributed by atoms with Crippen molar-refractivity contribution in [2.24, 2.45) is 0 Å². The Labute approximate surface area is 174 Å². The number of halogens is 1. The molecule has 0 saturated carbocycles. The van der Waals surface area contributed by atoms with Gasteiger partial charge in [0.05, 0.1) is 13.2 Å². The predicted octanol–water partition coefficient (Wildman–Crippen LogP) is 4.33. The Balaban J connectivity index is 1.85. The molecule has 0 aliphatic carbocycles. The quantitative estimate of drug-likeness (QED) is 0.707. The third kappa shape index (κ3) is 3.76. The van der Waals surface area contributed by atoms with Gasteiger partial charge in [-0.3, -0.25) is 9.59 Å². The van der Waals surface area contributed by atoms with Crippen molar-refractivity contribution in [3.8, 4) is 5.75 Å². The molecular weight excluding hydrogens is 383 g/mol. The number of aryl methyl sites for hydroxylation is 1. The maximum atomic E-state index is 13.6. The first-order chi connectivity index (χ1) is 14.5. The van der Waals surface area contributed by atoms with Crippen LogP contribution in [0.3, 0.4) is 0 Å². The van der Waals surface area contributed by atoms with Gasteiger partial charge in [0.2, 0.25) is 5.91 Å². The Kier molecular flexibility index (Phi) is 5.23. The zero-order valence-corrected chi connectivity index (χ0v) is 16.7. The van der Waals surface area contributed by atoms with Gasteiger partial charge in [-0.15, -0.1) is 0 Å². The molecule has 1 unspecified atom stereocenters. The minimum Gasteiger partial charge on any atom is -0.497 e. The second-order valence-corrected chi connectivity index (χ2v) is 7.25. The molecule has 1 heterocycles. The summed E-state index contributed by atoms with van der Waals surface area (Å²) in [6.07, 6.45) is 0. The summed E-state index contributed by atoms with van der Waals surface area (Å²) in [5, 5.41) is 2.89. The number of fused-ring (bicyclic) bond motifs is 1. The summed E-state index contributed by atoms with van der Waals surface area (Å²) in [7, 11) is 1.56. The van der Waals surface area contributed by atoms with E-state index in [1.54, 1.807) is 43.5 Å². The number of rotatable bonds is 3. The van der Waals surface area contributed by atoms with E-state index in [4.69, 9.17) is 4.74 Å². The van der Waals surface area contributed by atoms with Crippen molar-refractivity contribution in [2.75, 3.05) is 19.0 Å². The molecule has 1 atom stereocenters. The maximum Gasteiger partial charge on any atom is 0.255 e. The maximum absolute atomic E-state index is 13.6. The van der Waals surface area contributed by atoms with Crippen LogP contribution >= 0.6 is 0 Å². The van der Waals surface area contributed by atoms with E-state index < -0.39 is 6.04 Å². The summed E-state index contributed by atoms with van der Waals surface area (Å²) in [4.78, 5) is 27.6. The van der Waals surface area contributed by atoms with Crippen molar-refractivity contribution in [1.29, 1.82) is 0 Å². The minimum atomic E-state index is -0.547. The highest BCUT2D eigenvalue weighted by Crippen LogP contribution is 2.37. The predicted molar refractivity (Wildman–Crippen MR) is 112 cm³/mol. The van der Waals surface area contributed by atoms with Gasteiger partial charge in [0.15, 0.2) is 0 Å². The topological polar surface area (TPSA) is 58.6 Å². The van der Waals surface area contributed by atoms with Crippen LogP contribution in [0.1, 0.15) is 33.1 Å². The Bertz CT molecular complexity index is 1090. The molecule has 1 aliphatic heterocycles. The van der Waals surface area contributed by atoms with Gasteiger partial charge in [-0.05, 0) is 55.0 Å². The fraction of sp³-hybridized carbons (Fsp3) is 0.167. The number of anilines is 1. The van der Waals surface area contributed by atoms with Crippen molar-refractivity contribution >= 4 is 17.5 Å². The Morgan fingerprint density at radius 3 is 2.43 bits per heavy atom. The standard InChI is InChI=1S/C24H21FN2O3/c1-15-3-12-21-20(13-15)23(16-4-8-18(25)9-5-16)27(14-22(28)26-21)24(29)17-6-10-19(30-2)11-7-17/h3-13,23H,14H2,1-2H3,(H,26,28). The van der Waals surface area contributed by atoms with E-state index >= 15 is 0 Å². The van der Waals surface area contributed by atoms with Crippen molar-refractivity contribution in [2.45, 2.75) is 13.0 Å². The van der Waals surface area contributed by atoms with Gasteiger partial charge in [-0.25, -0.2) is 4.39 Å². The fourth-order valence-corrected chi connectivity index (χ4v) is 3.72. The molecule has 0 aromatic heterocycles. The molecule has 6 heteroatoms. The van der Waals surface area contributed by atoms with Gasteiger partial charge in [0, 0.05) is 16.8 Å². The first kappa shape index (κ1) is 19.6. The lowest BCUT2D eigenvalue weighted by molar-refractivity contribution is -0.117. The Hall–Kier alpha value is -3.67. The van der Waals surface area contributed by atoms with Crippen LogP contribution in [-0.2, 0) is 4.79 Å². The highest BCUT2D eigenvalue weighted by Gasteiger charge is 2.34. The van der Waals surface area contributed by atoms with E-state index in [0.29, 0.717) is 17.0 Å². The van der Waals surface area contributed by atoms with Crippen LogP contribution in [0.5, 0.6) is 5.75 Å². The van der Waals surface area contributed by atoms with Crippen molar-refractivity contribution in [3.05, 3.63) is 94.8 Å². The summed E-state index contributed by atoms with van der Waals surface area (Å²) in [6, 6.07) is 17.9. The molecule has 5 nitrogen and oxygen atoms in total. The number of nitrogens with one attached hydrogen (secondary N) is 1. The number of methoxy groups -OCH3 is 1. The first-order valence-corrected chi connectivity index (χ1v) is 9.57. The third-order valence-electron chi connectivity index (χ3n) is 5.18. The van der Waals surface area contributed by atoms with Gasteiger partial charge >= 0.3 is 0 Å². The first-order valence-electron chi connectivity index (χ1n) is 9.57. The van der Waals surface area contributed by atoms with Gasteiger partial charge < -0.3 is 15.0 Å². The molecule has 0 spiro atoms. The molecule has 0 bridgehead atoms. The molecular formula is C24H21FN2O3. The number of hydrogen-bond acceptors (Lipinski definition) is 3. The number of nitrogens with zero attached hydrogens (tertiary/aromatic N) is 1. The molecule has 2 amide bonds. The van der Waals surface area contributed by atoms with Crippen LogP contribution < -0.4 is 10.1 Å². The van der Waals surface area contributed by atoms with Crippen molar-refractivity contribution < 1.29 is 18.7 Å². The third-order valence-corrected chi connectivity index (χ3v) is 5.18. The molecule has 1 N–H and O–H groups in total. The zero-order chi connectivity index (χ0) is 21.3. The lowest BCUT2D eigenvalue weighted by Gasteiger charge is -2.31. The molecule has 4 rings (SSSR count). The summed E-state index contributed by atoms with van der Waals surface area (Å²) < 4.78 is 18.8. The van der Waals surface area contributed by atoms with E-state index in [9.17, 15) is 14.0 Å². The highest BCUT2D eigenvalue weighted by atomic mass is 19.1. The molecule has 0 saturated heterocycles. The van der Waals surface area contributed by atoms with E-state index in [-0.39, 0.29) is 24.2 Å². The number of amides is 2. The van der Waals surface area contributed by atoms with E-state index in [0.717, 1.165) is 16.7 Å². The average Bonchev–Trinajstić information content (AvgIpc) is 2.89. The lowest BCUT2D eigenvalue weighted by atomic mass is 9.94. The van der Waals surface area contributed by atoms with Gasteiger partial charge in [-0.2, -0.15) is 0 Å². The zero-order valence-electron chi connectivity index (χ0n) is 16.7. The molecule has 152 valence electrons. The van der Waals surface area contributed by atoms with Gasteiger partial charge in [-0.1, -0.05) is 29.8 Å². The van der Waals surface area contributed by atoms with Gasteiger partial charge in [0.1, 0.15) is 18.1 Å². The molecule has 30 heavy (non-hydrogen) atoms. The molecule has 3 aromatic carbocycles. The van der Waals surface area contributed by atoms with Crippen LogP contribution in [0, 0.1) is 12.7 Å². The van der Waals surface area contributed by atoms with Crippen molar-refractivity contribution in [3.63, 3.8) is 0 Å². The van der Waals surface area contributed by atoms with E-state index in [1.807, 2.05) is 25.1 Å². The number of carbonyl (C=O) groups excluding carboxylic acids is 2. The average molecular weight is 404 g/mol. The fourth-order valence-electron chi connectivity index (χ4n) is 3.72. The van der Waals surface area contributed by atoms with E-state index in [1.165, 1.54) is 17.0 Å². The number of carbonyl (C=O) groups is 2. The Morgan fingerprint density at radius 2 is 1.77 bits per heavy atom. The molecule has 0 radical (unpaired) electrons. The number of hydrogen-bond donors (Lipinski definition) is 1. The summed E-state index contributed by atoms with van der Waals surface area (Å²) >= 11 is 0. The lowest BCUT2D eigenvalue weighted by Crippen LogP contribution is -2.39. The monoisotopic (exact) mass is 404 g/mol.